The van der Waals surface area contributed by atoms with E-state index in [0.29, 0.717) is 0 Å². The minimum absolute atomic E-state index is 0.0267. The van der Waals surface area contributed by atoms with E-state index in [-0.39, 0.29) is 22.6 Å². The van der Waals surface area contributed by atoms with Gasteiger partial charge in [0, 0.05) is 26.2 Å². The number of sulfonamides is 1. The lowest BCUT2D eigenvalue weighted by molar-refractivity contribution is -0.137. The number of rotatable bonds is 6. The fraction of sp³-hybridized carbons (Fsp3) is 0.278. The number of hydrogen-bond acceptors (Lipinski definition) is 4. The largest absolute Gasteiger partial charge is 0.416 e. The van der Waals surface area contributed by atoms with Crippen LogP contribution in [0.4, 0.5) is 13.2 Å². The van der Waals surface area contributed by atoms with Crippen LogP contribution >= 0.6 is 0 Å². The second-order valence-electron chi connectivity index (χ2n) is 6.16. The molecule has 0 aliphatic rings. The van der Waals surface area contributed by atoms with Crippen LogP contribution in [0.25, 0.3) is 0 Å². The molecule has 1 amide bonds. The van der Waals surface area contributed by atoms with Crippen molar-refractivity contribution in [2.75, 3.05) is 20.6 Å². The first-order valence-corrected chi connectivity index (χ1v) is 9.53. The molecule has 0 heterocycles. The van der Waals surface area contributed by atoms with Crippen molar-refractivity contribution in [3.63, 3.8) is 0 Å². The fourth-order valence-corrected chi connectivity index (χ4v) is 3.19. The van der Waals surface area contributed by atoms with Crippen molar-refractivity contribution in [1.29, 1.82) is 0 Å². The smallest absolute Gasteiger partial charge is 0.387 e. The Morgan fingerprint density at radius 2 is 1.61 bits per heavy atom. The third-order valence-corrected chi connectivity index (χ3v) is 5.80. The lowest BCUT2D eigenvalue weighted by atomic mass is 10.1. The van der Waals surface area contributed by atoms with Crippen molar-refractivity contribution in [3.05, 3.63) is 65.2 Å². The summed E-state index contributed by atoms with van der Waals surface area (Å²) in [6, 6.07) is 9.22. The summed E-state index contributed by atoms with van der Waals surface area (Å²) in [7, 11) is -0.839. The molecule has 0 aliphatic heterocycles. The fourth-order valence-electron chi connectivity index (χ4n) is 2.29. The van der Waals surface area contributed by atoms with E-state index in [0.717, 1.165) is 28.6 Å². The molecule has 0 saturated heterocycles. The van der Waals surface area contributed by atoms with Crippen molar-refractivity contribution in [1.82, 2.24) is 9.62 Å². The molecule has 0 radical (unpaired) electrons. The van der Waals surface area contributed by atoms with Crippen LogP contribution in [-0.2, 0) is 16.2 Å². The van der Waals surface area contributed by atoms with Crippen LogP contribution in [0.15, 0.2) is 53.4 Å². The first kappa shape index (κ1) is 21.9. The van der Waals surface area contributed by atoms with Crippen LogP contribution in [0.3, 0.4) is 0 Å². The van der Waals surface area contributed by atoms with Crippen LogP contribution in [0.2, 0.25) is 0 Å². The van der Waals surface area contributed by atoms with Gasteiger partial charge in [0.2, 0.25) is 10.0 Å². The number of carbonyl (C=O) groups is 1. The average molecular weight is 416 g/mol. The molecule has 0 aliphatic carbocycles. The van der Waals surface area contributed by atoms with E-state index in [1.54, 1.807) is 0 Å². The third kappa shape index (κ3) is 5.09. The molecular weight excluding hydrogens is 397 g/mol. The van der Waals surface area contributed by atoms with E-state index < -0.39 is 33.8 Å². The van der Waals surface area contributed by atoms with Gasteiger partial charge in [0.1, 0.15) is 0 Å². The maximum atomic E-state index is 12.5. The Kier molecular flexibility index (Phi) is 6.48. The quantitative estimate of drug-likeness (QED) is 0.757. The number of nitrogens with zero attached hydrogens (tertiary/aromatic N) is 1. The highest BCUT2D eigenvalue weighted by atomic mass is 32.2. The van der Waals surface area contributed by atoms with Gasteiger partial charge in [-0.1, -0.05) is 12.1 Å². The Hall–Kier alpha value is -2.43. The average Bonchev–Trinajstić information content (AvgIpc) is 2.65. The number of amides is 1. The van der Waals surface area contributed by atoms with Crippen LogP contribution in [0, 0.1) is 0 Å². The third-order valence-electron chi connectivity index (χ3n) is 3.97. The first-order valence-electron chi connectivity index (χ1n) is 8.09. The molecular formula is C18H19F3N2O4S. The number of aliphatic hydroxyl groups excluding tert-OH is 1. The van der Waals surface area contributed by atoms with Crippen molar-refractivity contribution >= 4 is 15.9 Å². The van der Waals surface area contributed by atoms with Gasteiger partial charge in [-0.25, -0.2) is 12.7 Å². The van der Waals surface area contributed by atoms with E-state index in [1.165, 1.54) is 38.4 Å². The van der Waals surface area contributed by atoms with Crippen molar-refractivity contribution < 1.29 is 31.5 Å². The van der Waals surface area contributed by atoms with Gasteiger partial charge in [-0.2, -0.15) is 13.2 Å². The summed E-state index contributed by atoms with van der Waals surface area (Å²) in [6.07, 6.45) is -5.66. The summed E-state index contributed by atoms with van der Waals surface area (Å²) in [5.74, 6) is -0.556. The Morgan fingerprint density at radius 3 is 2.07 bits per heavy atom. The molecule has 0 saturated carbocycles. The molecule has 0 aromatic heterocycles. The van der Waals surface area contributed by atoms with E-state index in [2.05, 4.69) is 5.32 Å². The molecule has 0 spiro atoms. The maximum absolute atomic E-state index is 12.5. The molecule has 0 unspecified atom stereocenters. The van der Waals surface area contributed by atoms with Crippen molar-refractivity contribution in [2.45, 2.75) is 17.2 Å². The normalized spacial score (nSPS) is 13.4. The molecule has 1 atom stereocenters. The molecule has 0 fully saturated rings. The zero-order chi connectivity index (χ0) is 21.1. The lowest BCUT2D eigenvalue weighted by Gasteiger charge is -2.14. The standard InChI is InChI=1S/C18H19F3N2O4S/c1-23(2)28(26,27)15-9-5-13(6-10-15)17(25)22-11-16(24)12-3-7-14(8-4-12)18(19,20)21/h3-10,16,24H,11H2,1-2H3,(H,22,25)/t16-/m1/s1. The van der Waals surface area contributed by atoms with Gasteiger partial charge in [0.15, 0.2) is 0 Å². The monoisotopic (exact) mass is 416 g/mol. The summed E-state index contributed by atoms with van der Waals surface area (Å²) < 4.78 is 62.7. The number of alkyl halides is 3. The lowest BCUT2D eigenvalue weighted by Crippen LogP contribution is -2.28. The highest BCUT2D eigenvalue weighted by Crippen LogP contribution is 2.29. The molecule has 0 bridgehead atoms. The second-order valence-corrected chi connectivity index (χ2v) is 8.31. The highest BCUT2D eigenvalue weighted by molar-refractivity contribution is 7.89. The number of aliphatic hydroxyl groups is 1. The van der Waals surface area contributed by atoms with Crippen LogP contribution in [0.1, 0.15) is 27.6 Å². The first-order chi connectivity index (χ1) is 12.9. The Labute approximate surface area is 160 Å². The van der Waals surface area contributed by atoms with Crippen LogP contribution in [0.5, 0.6) is 0 Å². The van der Waals surface area contributed by atoms with Crippen molar-refractivity contribution in [2.24, 2.45) is 0 Å². The van der Waals surface area contributed by atoms with Gasteiger partial charge in [-0.15, -0.1) is 0 Å². The van der Waals surface area contributed by atoms with E-state index >= 15 is 0 Å². The second kappa shape index (κ2) is 8.29. The Morgan fingerprint density at radius 1 is 1.07 bits per heavy atom. The molecule has 2 N–H and O–H groups in total. The minimum Gasteiger partial charge on any atom is -0.387 e. The topological polar surface area (TPSA) is 86.7 Å². The highest BCUT2D eigenvalue weighted by Gasteiger charge is 2.30. The molecule has 2 aromatic carbocycles. The van der Waals surface area contributed by atoms with Gasteiger partial charge in [-0.3, -0.25) is 4.79 Å². The van der Waals surface area contributed by atoms with Gasteiger partial charge >= 0.3 is 6.18 Å². The molecule has 10 heteroatoms. The zero-order valence-corrected chi connectivity index (χ0v) is 15.9. The summed E-state index contributed by atoms with van der Waals surface area (Å²) in [4.78, 5) is 12.2. The predicted octanol–water partition coefficient (Wildman–Crippen LogP) is 2.42. The van der Waals surface area contributed by atoms with E-state index in [4.69, 9.17) is 0 Å². The molecule has 28 heavy (non-hydrogen) atoms. The SMILES string of the molecule is CN(C)S(=O)(=O)c1ccc(C(=O)NC[C@@H](O)c2ccc(C(F)(F)F)cc2)cc1. The van der Waals surface area contributed by atoms with Gasteiger partial charge in [0.05, 0.1) is 16.6 Å². The summed E-state index contributed by atoms with van der Waals surface area (Å²) in [6.45, 7) is -0.220. The number of halogens is 3. The van der Waals surface area contributed by atoms with Crippen molar-refractivity contribution in [3.8, 4) is 0 Å². The molecule has 152 valence electrons. The molecule has 2 aromatic rings. The van der Waals surface area contributed by atoms with Gasteiger partial charge in [-0.05, 0) is 42.0 Å². The van der Waals surface area contributed by atoms with E-state index in [1.807, 2.05) is 0 Å². The summed E-state index contributed by atoms with van der Waals surface area (Å²) in [5, 5.41) is 12.5. The van der Waals surface area contributed by atoms with Gasteiger partial charge < -0.3 is 10.4 Å². The number of benzene rings is 2. The Bertz CT molecular complexity index is 925. The Balaban J connectivity index is 2.00. The molecule has 6 nitrogen and oxygen atoms in total. The summed E-state index contributed by atoms with van der Waals surface area (Å²) in [5.41, 5.74) is -0.432. The molecule has 2 rings (SSSR count). The predicted molar refractivity (Wildman–Crippen MR) is 96.1 cm³/mol. The van der Waals surface area contributed by atoms with Crippen LogP contribution < -0.4 is 5.32 Å². The van der Waals surface area contributed by atoms with Gasteiger partial charge in [0.25, 0.3) is 5.91 Å². The zero-order valence-electron chi connectivity index (χ0n) is 15.1. The number of carbonyl (C=O) groups excluding carboxylic acids is 1. The maximum Gasteiger partial charge on any atom is 0.416 e. The van der Waals surface area contributed by atoms with E-state index in [9.17, 15) is 31.5 Å². The number of nitrogens with one attached hydrogen (secondary N) is 1. The number of hydrogen-bond donors (Lipinski definition) is 2. The summed E-state index contributed by atoms with van der Waals surface area (Å²) >= 11 is 0. The minimum atomic E-state index is -4.47. The van der Waals surface area contributed by atoms with Crippen LogP contribution in [-0.4, -0.2) is 44.4 Å².